The van der Waals surface area contributed by atoms with Crippen LogP contribution in [-0.2, 0) is 0 Å². The number of phenols is 1. The molecule has 0 saturated carbocycles. The lowest BCUT2D eigenvalue weighted by Gasteiger charge is -2.15. The number of phenolic OH excluding ortho intramolecular Hbond substituents is 1. The maximum Gasteiger partial charge on any atom is 0.231 e. The molecular formula is C7H6O3. The van der Waals surface area contributed by atoms with Gasteiger partial charge < -0.3 is 14.6 Å². The highest BCUT2D eigenvalue weighted by Gasteiger charge is 2.09. The van der Waals surface area contributed by atoms with Crippen LogP contribution in [0, 0.1) is 0 Å². The molecule has 1 aliphatic rings. The zero-order valence-electron chi connectivity index (χ0n) is 5.20. The average Bonchev–Trinajstić information content (AvgIpc) is 1.99. The number of hydrogen-bond donors (Lipinski definition) is 1. The van der Waals surface area contributed by atoms with Gasteiger partial charge in [0.2, 0.25) is 6.79 Å². The molecule has 0 atom stereocenters. The fraction of sp³-hybridized carbons (Fsp3) is 0.143. The topological polar surface area (TPSA) is 38.7 Å². The van der Waals surface area contributed by atoms with Crippen molar-refractivity contribution in [2.45, 2.75) is 0 Å². The van der Waals surface area contributed by atoms with Crippen molar-refractivity contribution in [2.75, 3.05) is 6.79 Å². The molecular weight excluding hydrogens is 132 g/mol. The number of benzene rings is 1. The Bertz CT molecular complexity index is 257. The van der Waals surface area contributed by atoms with E-state index in [0.29, 0.717) is 5.75 Å². The Morgan fingerprint density at radius 3 is 3.00 bits per heavy atom. The van der Waals surface area contributed by atoms with Gasteiger partial charge in [-0.05, 0) is 12.1 Å². The largest absolute Gasteiger partial charge is 0.504 e. The summed E-state index contributed by atoms with van der Waals surface area (Å²) in [5.74, 6) is 1.38. The maximum atomic E-state index is 9.09. The second-order valence-corrected chi connectivity index (χ2v) is 2.04. The van der Waals surface area contributed by atoms with Gasteiger partial charge in [0.25, 0.3) is 0 Å². The fourth-order valence-corrected chi connectivity index (χ4v) is 0.861. The molecule has 3 nitrogen and oxygen atoms in total. The normalized spacial score (nSPS) is 13.6. The second kappa shape index (κ2) is 1.80. The SMILES string of the molecule is Oc1ccc2cc1OCO2. The van der Waals surface area contributed by atoms with Crippen LogP contribution in [0.2, 0.25) is 0 Å². The Hall–Kier alpha value is -1.38. The van der Waals surface area contributed by atoms with Gasteiger partial charge in [0, 0.05) is 6.07 Å². The first-order valence-electron chi connectivity index (χ1n) is 2.95. The summed E-state index contributed by atoms with van der Waals surface area (Å²) in [5, 5.41) is 9.09. The quantitative estimate of drug-likeness (QED) is 0.583. The highest BCUT2D eigenvalue weighted by Crippen LogP contribution is 2.32. The van der Waals surface area contributed by atoms with Crippen LogP contribution >= 0.6 is 0 Å². The molecule has 1 aliphatic heterocycles. The van der Waals surface area contributed by atoms with E-state index in [1.54, 1.807) is 18.2 Å². The van der Waals surface area contributed by atoms with E-state index < -0.39 is 0 Å². The van der Waals surface area contributed by atoms with Crippen molar-refractivity contribution in [1.82, 2.24) is 0 Å². The molecule has 0 amide bonds. The van der Waals surface area contributed by atoms with Gasteiger partial charge in [-0.1, -0.05) is 0 Å². The predicted molar refractivity (Wildman–Crippen MR) is 34.2 cm³/mol. The third-order valence-corrected chi connectivity index (χ3v) is 1.37. The zero-order valence-corrected chi connectivity index (χ0v) is 5.20. The third-order valence-electron chi connectivity index (χ3n) is 1.37. The van der Waals surface area contributed by atoms with Gasteiger partial charge in [-0.3, -0.25) is 0 Å². The van der Waals surface area contributed by atoms with Crippen molar-refractivity contribution in [2.24, 2.45) is 0 Å². The van der Waals surface area contributed by atoms with E-state index in [9.17, 15) is 0 Å². The molecule has 2 bridgehead atoms. The number of ether oxygens (including phenoxy) is 2. The van der Waals surface area contributed by atoms with Crippen LogP contribution in [0.1, 0.15) is 0 Å². The van der Waals surface area contributed by atoms with E-state index in [4.69, 9.17) is 14.6 Å². The Balaban J connectivity index is 2.56. The minimum atomic E-state index is 0.159. The highest BCUT2D eigenvalue weighted by molar-refractivity contribution is 5.45. The second-order valence-electron chi connectivity index (χ2n) is 2.04. The van der Waals surface area contributed by atoms with Gasteiger partial charge in [-0.25, -0.2) is 0 Å². The number of fused-ring (bicyclic) bond motifs is 2. The van der Waals surface area contributed by atoms with Crippen molar-refractivity contribution in [1.29, 1.82) is 0 Å². The van der Waals surface area contributed by atoms with Crippen LogP contribution < -0.4 is 9.47 Å². The van der Waals surface area contributed by atoms with E-state index in [2.05, 4.69) is 0 Å². The van der Waals surface area contributed by atoms with Crippen molar-refractivity contribution >= 4 is 0 Å². The summed E-state index contributed by atoms with van der Waals surface area (Å²) < 4.78 is 9.94. The molecule has 1 aromatic rings. The lowest BCUT2D eigenvalue weighted by Crippen LogP contribution is -2.09. The molecule has 1 aromatic carbocycles. The van der Waals surface area contributed by atoms with Gasteiger partial charge in [-0.2, -0.15) is 0 Å². The summed E-state index contributed by atoms with van der Waals surface area (Å²) in [4.78, 5) is 0. The van der Waals surface area contributed by atoms with E-state index in [-0.39, 0.29) is 12.5 Å². The van der Waals surface area contributed by atoms with Gasteiger partial charge in [0.15, 0.2) is 11.5 Å². The first-order chi connectivity index (χ1) is 4.86. The van der Waals surface area contributed by atoms with E-state index >= 15 is 0 Å². The Labute approximate surface area is 57.8 Å². The summed E-state index contributed by atoms with van der Waals surface area (Å²) >= 11 is 0. The number of hydrogen-bond acceptors (Lipinski definition) is 3. The molecule has 52 valence electrons. The van der Waals surface area contributed by atoms with E-state index in [0.717, 1.165) is 5.75 Å². The van der Waals surface area contributed by atoms with Crippen molar-refractivity contribution < 1.29 is 14.6 Å². The molecule has 3 heteroatoms. The Morgan fingerprint density at radius 2 is 2.20 bits per heavy atom. The minimum absolute atomic E-state index is 0.159. The predicted octanol–water partition coefficient (Wildman–Crippen LogP) is 1.12. The summed E-state index contributed by atoms with van der Waals surface area (Å²) in [6.07, 6.45) is 0. The summed E-state index contributed by atoms with van der Waals surface area (Å²) in [6, 6.07) is 4.89. The molecule has 10 heavy (non-hydrogen) atoms. The van der Waals surface area contributed by atoms with Gasteiger partial charge in [0.1, 0.15) is 5.75 Å². The standard InChI is InChI=1S/C7H6O3/c8-6-2-1-5-3-7(6)10-4-9-5/h1-3,8H,4H2. The third kappa shape index (κ3) is 0.673. The van der Waals surface area contributed by atoms with Crippen LogP contribution in [-0.4, -0.2) is 11.9 Å². The molecule has 0 spiro atoms. The first kappa shape index (κ1) is 5.41. The number of rotatable bonds is 0. The lowest BCUT2D eigenvalue weighted by atomic mass is 10.3. The average molecular weight is 138 g/mol. The minimum Gasteiger partial charge on any atom is -0.504 e. The maximum absolute atomic E-state index is 9.09. The molecule has 1 N–H and O–H groups in total. The first-order valence-corrected chi connectivity index (χ1v) is 2.95. The van der Waals surface area contributed by atoms with Crippen LogP contribution in [0.4, 0.5) is 0 Å². The van der Waals surface area contributed by atoms with Gasteiger partial charge in [0.05, 0.1) is 0 Å². The summed E-state index contributed by atoms with van der Waals surface area (Å²) in [7, 11) is 0. The molecule has 2 rings (SSSR count). The van der Waals surface area contributed by atoms with Gasteiger partial charge in [-0.15, -0.1) is 0 Å². The fourth-order valence-electron chi connectivity index (χ4n) is 0.861. The molecule has 0 aromatic heterocycles. The lowest BCUT2D eigenvalue weighted by molar-refractivity contribution is 0.101. The summed E-state index contributed by atoms with van der Waals surface area (Å²) in [6.45, 7) is 0.190. The van der Waals surface area contributed by atoms with Crippen LogP contribution in [0.25, 0.3) is 0 Å². The molecule has 0 unspecified atom stereocenters. The van der Waals surface area contributed by atoms with Crippen molar-refractivity contribution in [3.8, 4) is 17.2 Å². The van der Waals surface area contributed by atoms with Gasteiger partial charge >= 0.3 is 0 Å². The Morgan fingerprint density at radius 1 is 1.30 bits per heavy atom. The van der Waals surface area contributed by atoms with E-state index in [1.807, 2.05) is 0 Å². The highest BCUT2D eigenvalue weighted by atomic mass is 16.7. The van der Waals surface area contributed by atoms with Crippen LogP contribution in [0.5, 0.6) is 17.2 Å². The summed E-state index contributed by atoms with van der Waals surface area (Å²) in [5.41, 5.74) is 0. The molecule has 0 aliphatic carbocycles. The zero-order chi connectivity index (χ0) is 6.97. The molecule has 0 fully saturated rings. The van der Waals surface area contributed by atoms with Crippen molar-refractivity contribution in [3.05, 3.63) is 18.2 Å². The molecule has 0 saturated heterocycles. The van der Waals surface area contributed by atoms with E-state index in [1.165, 1.54) is 0 Å². The van der Waals surface area contributed by atoms with Crippen LogP contribution in [0.3, 0.4) is 0 Å². The number of aromatic hydroxyl groups is 1. The Kier molecular flexibility index (Phi) is 0.974. The van der Waals surface area contributed by atoms with Crippen molar-refractivity contribution in [3.63, 3.8) is 0 Å². The molecule has 0 radical (unpaired) electrons. The monoisotopic (exact) mass is 138 g/mol. The molecule has 1 heterocycles. The smallest absolute Gasteiger partial charge is 0.231 e. The van der Waals surface area contributed by atoms with Crippen LogP contribution in [0.15, 0.2) is 18.2 Å².